The molecule has 0 aliphatic heterocycles. The lowest BCUT2D eigenvalue weighted by Gasteiger charge is -2.26. The van der Waals surface area contributed by atoms with Crippen LogP contribution >= 0.6 is 0 Å². The van der Waals surface area contributed by atoms with E-state index in [-0.39, 0.29) is 56.9 Å². The zero-order valence-corrected chi connectivity index (χ0v) is 45.4. The summed E-state index contributed by atoms with van der Waals surface area (Å²) in [6, 6.07) is 11.8. The largest absolute Gasteiger partial charge is 0.480 e. The number of carboxylic acids is 1. The summed E-state index contributed by atoms with van der Waals surface area (Å²) in [6.07, 6.45) is -0.115. The van der Waals surface area contributed by atoms with Gasteiger partial charge in [-0.25, -0.2) is 4.79 Å². The second-order valence-electron chi connectivity index (χ2n) is 19.7. The van der Waals surface area contributed by atoms with Gasteiger partial charge in [0.1, 0.15) is 42.3 Å². The molecule has 28 nitrogen and oxygen atoms in total. The number of fused-ring (bicyclic) bond motifs is 1. The van der Waals surface area contributed by atoms with Crippen molar-refractivity contribution in [2.24, 2.45) is 39.6 Å². The first kappa shape index (κ1) is 65.1. The summed E-state index contributed by atoms with van der Waals surface area (Å²) in [5, 5.41) is 40.6. The third kappa shape index (κ3) is 22.0. The van der Waals surface area contributed by atoms with Crippen molar-refractivity contribution in [2.45, 2.75) is 114 Å². The number of carboxylic acid groups (broad SMARTS) is 1. The van der Waals surface area contributed by atoms with Gasteiger partial charge in [0.25, 0.3) is 0 Å². The highest BCUT2D eigenvalue weighted by atomic mass is 16.4. The number of aromatic nitrogens is 1. The Labute approximate surface area is 471 Å². The van der Waals surface area contributed by atoms with E-state index in [0.717, 1.165) is 0 Å². The van der Waals surface area contributed by atoms with Crippen LogP contribution in [0.25, 0.3) is 10.9 Å². The molecule has 4 aromatic rings. The molecular weight excluding hydrogens is 1070 g/mol. The SMILES string of the molecule is CC(C)C[C@H](NC(=O)CNC(=O)[C@H](Cc1ccccc1)NC(=O)[C@H](CO)NC(=O)[C@H](CC(N)=O)NC(=O)[C@H](Cc1c[nH]c2ccccc12)NC(=O)[C@@H](N)CC(N)=O)C(=O)N[C@@H](CCCN=C(N)N)C(=O)N[C@@H](Cc1ccccc1)C(=O)O. The molecule has 0 radical (unpaired) electrons. The van der Waals surface area contributed by atoms with Gasteiger partial charge in [0.05, 0.1) is 32.0 Å². The maximum Gasteiger partial charge on any atom is 0.326 e. The number of hydrogen-bond donors (Lipinski definition) is 16. The van der Waals surface area contributed by atoms with Crippen molar-refractivity contribution in [1.29, 1.82) is 0 Å². The molecular formula is C54H73N15O13. The Morgan fingerprint density at radius 1 is 0.549 bits per heavy atom. The van der Waals surface area contributed by atoms with Crippen LogP contribution in [-0.4, -0.2) is 154 Å². The molecule has 28 heteroatoms. The average Bonchev–Trinajstić information content (AvgIpc) is 3.84. The quantitative estimate of drug-likeness (QED) is 0.0120. The number of aliphatic imine (C=N–C) groups is 1. The molecule has 82 heavy (non-hydrogen) atoms. The smallest absolute Gasteiger partial charge is 0.326 e. The molecule has 442 valence electrons. The monoisotopic (exact) mass is 1140 g/mol. The van der Waals surface area contributed by atoms with E-state index < -0.39 is 139 Å². The Balaban J connectivity index is 1.48. The summed E-state index contributed by atoms with van der Waals surface area (Å²) in [5.74, 6) is -11.5. The Morgan fingerprint density at radius 3 is 1.62 bits per heavy atom. The maximum atomic E-state index is 14.0. The first-order valence-corrected chi connectivity index (χ1v) is 26.2. The number of hydrogen-bond acceptors (Lipinski definition) is 14. The minimum absolute atomic E-state index is 0.0415. The molecule has 3 aromatic carbocycles. The van der Waals surface area contributed by atoms with Crippen molar-refractivity contribution in [3.63, 3.8) is 0 Å². The number of aliphatic hydroxyl groups is 1. The van der Waals surface area contributed by atoms with E-state index in [4.69, 9.17) is 28.7 Å². The minimum Gasteiger partial charge on any atom is -0.480 e. The number of H-pyrrole nitrogens is 1. The zero-order chi connectivity index (χ0) is 60.5. The molecule has 1 heterocycles. The summed E-state index contributed by atoms with van der Waals surface area (Å²) in [4.78, 5) is 153. The lowest BCUT2D eigenvalue weighted by molar-refractivity contribution is -0.142. The second-order valence-corrected chi connectivity index (χ2v) is 19.7. The van der Waals surface area contributed by atoms with E-state index in [2.05, 4.69) is 52.5 Å². The molecule has 4 rings (SSSR count). The van der Waals surface area contributed by atoms with Gasteiger partial charge in [0.15, 0.2) is 5.96 Å². The molecule has 0 saturated carbocycles. The first-order chi connectivity index (χ1) is 38.9. The van der Waals surface area contributed by atoms with Gasteiger partial charge in [0.2, 0.25) is 59.1 Å². The van der Waals surface area contributed by atoms with E-state index in [1.807, 2.05) is 0 Å². The van der Waals surface area contributed by atoms with Crippen LogP contribution in [0.2, 0.25) is 0 Å². The summed E-state index contributed by atoms with van der Waals surface area (Å²) < 4.78 is 0. The zero-order valence-electron chi connectivity index (χ0n) is 45.4. The van der Waals surface area contributed by atoms with Crippen molar-refractivity contribution in [3.05, 3.63) is 108 Å². The molecule has 0 fully saturated rings. The van der Waals surface area contributed by atoms with Gasteiger partial charge in [0, 0.05) is 42.9 Å². The van der Waals surface area contributed by atoms with E-state index in [9.17, 15) is 63.0 Å². The lowest BCUT2D eigenvalue weighted by Crippen LogP contribution is -2.60. The fraction of sp³-hybridized carbons (Fsp3) is 0.407. The number of nitrogens with zero attached hydrogens (tertiary/aromatic N) is 1. The van der Waals surface area contributed by atoms with Crippen LogP contribution in [0.1, 0.15) is 62.6 Å². The number of aliphatic hydroxyl groups excluding tert-OH is 1. The minimum atomic E-state index is -1.84. The van der Waals surface area contributed by atoms with E-state index >= 15 is 0 Å². The van der Waals surface area contributed by atoms with Gasteiger partial charge in [-0.1, -0.05) is 92.7 Å². The molecule has 8 atom stereocenters. The lowest BCUT2D eigenvalue weighted by atomic mass is 10.0. The molecule has 21 N–H and O–H groups in total. The summed E-state index contributed by atoms with van der Waals surface area (Å²) in [7, 11) is 0. The third-order valence-electron chi connectivity index (χ3n) is 12.5. The molecule has 0 saturated heterocycles. The number of aliphatic carboxylic acids is 1. The highest BCUT2D eigenvalue weighted by molar-refractivity contribution is 5.99. The van der Waals surface area contributed by atoms with Crippen molar-refractivity contribution in [3.8, 4) is 0 Å². The standard InChI is InChI=1S/C54H73N15O13/c1-29(2)20-37(49(77)64-36(18-11-19-60-54(58)59)48(76)68-41(53(81)82)22-31-14-7-4-8-15-31)63-45(73)27-62-47(75)38(21-30-12-5-3-6-13-30)66-52(80)42(28-70)69-51(79)40(25-44(57)72)67-50(78)39(65-46(74)34(55)24-43(56)71)23-32-26-61-35-17-10-9-16-33(32)35/h3-10,12-17,26,29,34,36-42,61,70H,11,18-25,27-28,55H2,1-2H3,(H2,56,71)(H2,57,72)(H,62,75)(H,63,73)(H,64,77)(H,65,74)(H,66,80)(H,67,78)(H,68,76)(H,69,79)(H,81,82)(H4,58,59,60)/t34-,36-,37-,38-,39-,40-,41-,42-/m0/s1. The maximum absolute atomic E-state index is 14.0. The van der Waals surface area contributed by atoms with Crippen molar-refractivity contribution < 1.29 is 63.0 Å². The average molecular weight is 1140 g/mol. The Bertz CT molecular complexity index is 2900. The Kier molecular flexibility index (Phi) is 25.9. The number of rotatable bonds is 34. The molecule has 0 spiro atoms. The second kappa shape index (κ2) is 32.6. The van der Waals surface area contributed by atoms with Crippen LogP contribution in [0.5, 0.6) is 0 Å². The summed E-state index contributed by atoms with van der Waals surface area (Å²) in [6.45, 7) is 1.76. The van der Waals surface area contributed by atoms with Crippen molar-refractivity contribution in [2.75, 3.05) is 19.7 Å². The summed E-state index contributed by atoms with van der Waals surface area (Å²) in [5.41, 5.74) is 29.8. The molecule has 0 aliphatic carbocycles. The molecule has 0 unspecified atom stereocenters. The highest BCUT2D eigenvalue weighted by Crippen LogP contribution is 2.20. The first-order valence-electron chi connectivity index (χ1n) is 26.2. The van der Waals surface area contributed by atoms with Crippen molar-refractivity contribution >= 4 is 81.9 Å². The number of carbonyl (C=O) groups excluding carboxylic acids is 10. The third-order valence-corrected chi connectivity index (χ3v) is 12.5. The molecule has 0 aliphatic rings. The predicted molar refractivity (Wildman–Crippen MR) is 299 cm³/mol. The normalized spacial score (nSPS) is 13.9. The van der Waals surface area contributed by atoms with Gasteiger partial charge in [-0.05, 0) is 47.9 Å². The highest BCUT2D eigenvalue weighted by Gasteiger charge is 2.35. The Hall–Kier alpha value is -9.44. The number of aromatic amines is 1. The predicted octanol–water partition coefficient (Wildman–Crippen LogP) is -4.04. The summed E-state index contributed by atoms with van der Waals surface area (Å²) >= 11 is 0. The van der Waals surface area contributed by atoms with Gasteiger partial charge in [-0.2, -0.15) is 0 Å². The number of para-hydroxylation sites is 1. The van der Waals surface area contributed by atoms with Crippen LogP contribution < -0.4 is 71.2 Å². The van der Waals surface area contributed by atoms with Gasteiger partial charge in [-0.3, -0.25) is 52.9 Å². The number of carbonyl (C=O) groups is 11. The number of nitrogens with one attached hydrogen (secondary N) is 9. The van der Waals surface area contributed by atoms with Crippen LogP contribution in [0.3, 0.4) is 0 Å². The van der Waals surface area contributed by atoms with Crippen LogP contribution in [-0.2, 0) is 72.0 Å². The van der Waals surface area contributed by atoms with Crippen LogP contribution in [0.4, 0.5) is 0 Å². The topological polar surface area (TPSA) is 483 Å². The number of nitrogens with two attached hydrogens (primary N) is 5. The van der Waals surface area contributed by atoms with E-state index in [1.165, 1.54) is 0 Å². The van der Waals surface area contributed by atoms with Crippen molar-refractivity contribution in [1.82, 2.24) is 47.5 Å². The van der Waals surface area contributed by atoms with E-state index in [1.54, 1.807) is 105 Å². The van der Waals surface area contributed by atoms with Gasteiger partial charge >= 0.3 is 5.97 Å². The number of amides is 10. The number of guanidine groups is 1. The van der Waals surface area contributed by atoms with Crippen LogP contribution in [0.15, 0.2) is 96.1 Å². The number of primary amides is 2. The van der Waals surface area contributed by atoms with Gasteiger partial charge < -0.3 is 86.4 Å². The van der Waals surface area contributed by atoms with Crippen LogP contribution in [0, 0.1) is 5.92 Å². The van der Waals surface area contributed by atoms with Gasteiger partial charge in [-0.15, -0.1) is 0 Å². The molecule has 1 aromatic heterocycles. The van der Waals surface area contributed by atoms with E-state index in [0.29, 0.717) is 27.6 Å². The fourth-order valence-electron chi connectivity index (χ4n) is 8.40. The fourth-order valence-corrected chi connectivity index (χ4v) is 8.40. The number of benzene rings is 3. The molecule has 10 amide bonds. The molecule has 0 bridgehead atoms. The Morgan fingerprint density at radius 2 is 1.04 bits per heavy atom.